The van der Waals surface area contributed by atoms with Crippen molar-refractivity contribution in [3.63, 3.8) is 0 Å². The normalized spacial score (nSPS) is 16.5. The smallest absolute Gasteiger partial charge is 0.203 e. The molecule has 3 aromatic rings. The summed E-state index contributed by atoms with van der Waals surface area (Å²) in [7, 11) is 5.38. The Hall–Kier alpha value is -2.27. The number of ether oxygens (including phenoxy) is 3. The lowest BCUT2D eigenvalue weighted by Gasteiger charge is -2.27. The SMILES string of the molecule is COc1ccc2c(c1OC)OCSC2c1cn(C)c2ccccc12. The number of nitrogens with zero attached hydrogens (tertiary/aromatic N) is 1. The van der Waals surface area contributed by atoms with Crippen molar-refractivity contribution in [2.45, 2.75) is 5.25 Å². The molecule has 0 saturated heterocycles. The Morgan fingerprint density at radius 1 is 1.08 bits per heavy atom. The number of aryl methyl sites for hydroxylation is 1. The van der Waals surface area contributed by atoms with Crippen molar-refractivity contribution in [3.05, 3.63) is 53.7 Å². The Morgan fingerprint density at radius 3 is 2.71 bits per heavy atom. The third kappa shape index (κ3) is 2.23. The highest BCUT2D eigenvalue weighted by Crippen LogP contribution is 2.52. The molecule has 4 nitrogen and oxygen atoms in total. The molecule has 0 radical (unpaired) electrons. The average molecular weight is 341 g/mol. The van der Waals surface area contributed by atoms with Crippen LogP contribution in [0, 0.1) is 0 Å². The number of fused-ring (bicyclic) bond motifs is 2. The van der Waals surface area contributed by atoms with Crippen molar-refractivity contribution < 1.29 is 14.2 Å². The van der Waals surface area contributed by atoms with E-state index in [0.717, 1.165) is 11.3 Å². The first-order valence-corrected chi connectivity index (χ1v) is 8.82. The molecule has 0 spiro atoms. The van der Waals surface area contributed by atoms with Gasteiger partial charge in [-0.25, -0.2) is 0 Å². The number of para-hydroxylation sites is 1. The van der Waals surface area contributed by atoms with Crippen LogP contribution in [0.4, 0.5) is 0 Å². The Bertz CT molecular complexity index is 903. The molecule has 4 rings (SSSR count). The second kappa shape index (κ2) is 5.98. The number of benzene rings is 2. The summed E-state index contributed by atoms with van der Waals surface area (Å²) in [6.45, 7) is 0. The molecule has 2 aromatic carbocycles. The second-order valence-electron chi connectivity index (χ2n) is 5.74. The molecule has 1 unspecified atom stereocenters. The third-order valence-electron chi connectivity index (χ3n) is 4.46. The predicted molar refractivity (Wildman–Crippen MR) is 97.4 cm³/mol. The molecule has 1 aliphatic heterocycles. The minimum Gasteiger partial charge on any atom is -0.493 e. The van der Waals surface area contributed by atoms with Crippen LogP contribution in [0.2, 0.25) is 0 Å². The summed E-state index contributed by atoms with van der Waals surface area (Å²) in [4.78, 5) is 0. The number of rotatable bonds is 3. The Balaban J connectivity index is 1.90. The zero-order valence-electron chi connectivity index (χ0n) is 13.9. The molecule has 24 heavy (non-hydrogen) atoms. The zero-order chi connectivity index (χ0) is 16.7. The van der Waals surface area contributed by atoms with E-state index < -0.39 is 0 Å². The van der Waals surface area contributed by atoms with Crippen LogP contribution >= 0.6 is 11.8 Å². The first-order chi connectivity index (χ1) is 11.7. The van der Waals surface area contributed by atoms with Crippen molar-refractivity contribution in [2.24, 2.45) is 7.05 Å². The fourth-order valence-corrected chi connectivity index (χ4v) is 4.41. The van der Waals surface area contributed by atoms with Gasteiger partial charge in [-0.15, -0.1) is 11.8 Å². The van der Waals surface area contributed by atoms with Crippen LogP contribution in [0.5, 0.6) is 17.2 Å². The number of aromatic nitrogens is 1. The van der Waals surface area contributed by atoms with Crippen molar-refractivity contribution >= 4 is 22.7 Å². The van der Waals surface area contributed by atoms with Gasteiger partial charge in [-0.3, -0.25) is 0 Å². The van der Waals surface area contributed by atoms with Crippen LogP contribution in [0.25, 0.3) is 10.9 Å². The van der Waals surface area contributed by atoms with E-state index in [1.165, 1.54) is 16.5 Å². The molecule has 0 aliphatic carbocycles. The monoisotopic (exact) mass is 341 g/mol. The fourth-order valence-electron chi connectivity index (χ4n) is 3.36. The molecule has 2 heterocycles. The largest absolute Gasteiger partial charge is 0.493 e. The van der Waals surface area contributed by atoms with E-state index in [1.54, 1.807) is 26.0 Å². The van der Waals surface area contributed by atoms with Gasteiger partial charge < -0.3 is 18.8 Å². The molecule has 1 atom stereocenters. The van der Waals surface area contributed by atoms with Crippen LogP contribution in [-0.4, -0.2) is 24.7 Å². The summed E-state index contributed by atoms with van der Waals surface area (Å²) < 4.78 is 19.0. The molecule has 0 N–H and O–H groups in total. The van der Waals surface area contributed by atoms with E-state index in [1.807, 2.05) is 6.07 Å². The van der Waals surface area contributed by atoms with Gasteiger partial charge in [0.25, 0.3) is 0 Å². The molecule has 1 aliphatic rings. The van der Waals surface area contributed by atoms with Crippen molar-refractivity contribution in [3.8, 4) is 17.2 Å². The van der Waals surface area contributed by atoms with E-state index in [4.69, 9.17) is 14.2 Å². The van der Waals surface area contributed by atoms with Gasteiger partial charge in [0.15, 0.2) is 11.5 Å². The number of hydrogen-bond acceptors (Lipinski definition) is 4. The second-order valence-corrected chi connectivity index (χ2v) is 6.78. The van der Waals surface area contributed by atoms with Crippen LogP contribution < -0.4 is 14.2 Å². The quantitative estimate of drug-likeness (QED) is 0.708. The van der Waals surface area contributed by atoms with Gasteiger partial charge in [0.05, 0.1) is 19.5 Å². The van der Waals surface area contributed by atoms with Crippen molar-refractivity contribution in [1.29, 1.82) is 0 Å². The minimum absolute atomic E-state index is 0.208. The Kier molecular flexibility index (Phi) is 3.81. The maximum atomic E-state index is 5.91. The summed E-state index contributed by atoms with van der Waals surface area (Å²) in [5.41, 5.74) is 3.66. The zero-order valence-corrected chi connectivity index (χ0v) is 14.7. The topological polar surface area (TPSA) is 32.6 Å². The minimum atomic E-state index is 0.208. The van der Waals surface area contributed by atoms with Crippen LogP contribution in [0.15, 0.2) is 42.6 Å². The summed E-state index contributed by atoms with van der Waals surface area (Å²) >= 11 is 1.79. The van der Waals surface area contributed by atoms with Crippen LogP contribution in [0.3, 0.4) is 0 Å². The molecular weight excluding hydrogens is 322 g/mol. The van der Waals surface area contributed by atoms with Crippen LogP contribution in [0.1, 0.15) is 16.4 Å². The number of hydrogen-bond donors (Lipinski definition) is 0. The molecule has 0 saturated carbocycles. The van der Waals surface area contributed by atoms with Crippen molar-refractivity contribution in [1.82, 2.24) is 4.57 Å². The first kappa shape index (κ1) is 15.3. The highest BCUT2D eigenvalue weighted by Gasteiger charge is 2.30. The van der Waals surface area contributed by atoms with Gasteiger partial charge in [0.1, 0.15) is 5.94 Å². The highest BCUT2D eigenvalue weighted by molar-refractivity contribution is 7.99. The first-order valence-electron chi connectivity index (χ1n) is 7.78. The van der Waals surface area contributed by atoms with E-state index >= 15 is 0 Å². The molecule has 0 bridgehead atoms. The standard InChI is InChI=1S/C19H19NO3S/c1-20-10-14(12-6-4-5-7-15(12)20)19-13-8-9-16(21-2)18(22-3)17(13)23-11-24-19/h4-10,19H,11H2,1-3H3. The summed E-state index contributed by atoms with van der Waals surface area (Å²) in [5.74, 6) is 2.73. The number of methoxy groups -OCH3 is 2. The fraction of sp³-hybridized carbons (Fsp3) is 0.263. The molecule has 124 valence electrons. The van der Waals surface area contributed by atoms with Gasteiger partial charge in [-0.1, -0.05) is 18.2 Å². The molecule has 0 amide bonds. The lowest BCUT2D eigenvalue weighted by atomic mass is 10.0. The highest BCUT2D eigenvalue weighted by atomic mass is 32.2. The van der Waals surface area contributed by atoms with Gasteiger partial charge in [0.2, 0.25) is 5.75 Å². The summed E-state index contributed by atoms with van der Waals surface area (Å²) in [6.07, 6.45) is 2.22. The predicted octanol–water partition coefficient (Wildman–Crippen LogP) is 4.37. The van der Waals surface area contributed by atoms with Crippen molar-refractivity contribution in [2.75, 3.05) is 20.2 Å². The van der Waals surface area contributed by atoms with Crippen LogP contribution in [-0.2, 0) is 7.05 Å². The molecule has 0 fully saturated rings. The van der Waals surface area contributed by atoms with Gasteiger partial charge in [-0.05, 0) is 23.8 Å². The van der Waals surface area contributed by atoms with E-state index in [0.29, 0.717) is 17.4 Å². The van der Waals surface area contributed by atoms with Gasteiger partial charge >= 0.3 is 0 Å². The third-order valence-corrected chi connectivity index (χ3v) is 5.56. The van der Waals surface area contributed by atoms with E-state index in [2.05, 4.69) is 48.1 Å². The Labute approximate surface area is 145 Å². The van der Waals surface area contributed by atoms with E-state index in [-0.39, 0.29) is 5.25 Å². The molecule has 1 aromatic heterocycles. The maximum Gasteiger partial charge on any atom is 0.203 e. The summed E-state index contributed by atoms with van der Waals surface area (Å²) in [6, 6.07) is 12.5. The van der Waals surface area contributed by atoms with E-state index in [9.17, 15) is 0 Å². The number of thioether (sulfide) groups is 1. The lowest BCUT2D eigenvalue weighted by Crippen LogP contribution is -2.11. The summed E-state index contributed by atoms with van der Waals surface area (Å²) in [5, 5.41) is 1.49. The molecular formula is C19H19NO3S. The molecule has 5 heteroatoms. The van der Waals surface area contributed by atoms with Gasteiger partial charge in [0, 0.05) is 29.7 Å². The van der Waals surface area contributed by atoms with Gasteiger partial charge in [-0.2, -0.15) is 0 Å². The lowest BCUT2D eigenvalue weighted by molar-refractivity contribution is 0.313. The average Bonchev–Trinajstić information content (AvgIpc) is 2.97. The Morgan fingerprint density at radius 2 is 1.92 bits per heavy atom. The maximum absolute atomic E-state index is 5.91.